The maximum Gasteiger partial charge on any atom is 0.185 e. The molecule has 0 aromatic carbocycles. The van der Waals surface area contributed by atoms with Crippen molar-refractivity contribution in [3.63, 3.8) is 0 Å². The smallest absolute Gasteiger partial charge is 0.185 e. The molecule has 1 aromatic heterocycles. The summed E-state index contributed by atoms with van der Waals surface area (Å²) in [6.45, 7) is 4.69. The van der Waals surface area contributed by atoms with E-state index < -0.39 is 9.84 Å². The summed E-state index contributed by atoms with van der Waals surface area (Å²) >= 11 is 0. The third kappa shape index (κ3) is 2.02. The number of aromatic nitrogens is 2. The lowest BCUT2D eigenvalue weighted by atomic mass is 10.0. The number of piperidine rings is 1. The van der Waals surface area contributed by atoms with Crippen LogP contribution < -0.4 is 4.90 Å². The zero-order valence-electron chi connectivity index (χ0n) is 11.4. The topological polar surface area (TPSA) is 63.2 Å². The molecule has 0 spiro atoms. The van der Waals surface area contributed by atoms with Crippen LogP contribution in [0.3, 0.4) is 0 Å². The molecule has 6 heteroatoms. The summed E-state index contributed by atoms with van der Waals surface area (Å²) in [4.78, 5) is 11.3. The summed E-state index contributed by atoms with van der Waals surface area (Å²) in [5.74, 6) is 1.54. The van der Waals surface area contributed by atoms with Gasteiger partial charge in [0.2, 0.25) is 0 Å². The zero-order valence-corrected chi connectivity index (χ0v) is 12.2. The van der Waals surface area contributed by atoms with Crippen LogP contribution in [0, 0.1) is 6.92 Å². The molecule has 104 valence electrons. The lowest BCUT2D eigenvalue weighted by Crippen LogP contribution is -2.48. The van der Waals surface area contributed by atoms with Gasteiger partial charge < -0.3 is 4.90 Å². The number of anilines is 1. The first kappa shape index (κ1) is 12.8. The fourth-order valence-electron chi connectivity index (χ4n) is 3.15. The van der Waals surface area contributed by atoms with Gasteiger partial charge in [-0.25, -0.2) is 18.4 Å². The van der Waals surface area contributed by atoms with E-state index in [4.69, 9.17) is 0 Å². The highest BCUT2D eigenvalue weighted by molar-refractivity contribution is 7.91. The first-order valence-electron chi connectivity index (χ1n) is 6.90. The number of fused-ring (bicyclic) bond motifs is 3. The predicted molar refractivity (Wildman–Crippen MR) is 73.2 cm³/mol. The highest BCUT2D eigenvalue weighted by Crippen LogP contribution is 2.37. The fourth-order valence-corrected chi connectivity index (χ4v) is 5.16. The van der Waals surface area contributed by atoms with Crippen LogP contribution in [0.2, 0.25) is 0 Å². The third-order valence-electron chi connectivity index (χ3n) is 3.99. The first-order valence-corrected chi connectivity index (χ1v) is 8.55. The summed E-state index contributed by atoms with van der Waals surface area (Å²) in [6.07, 6.45) is 3.80. The van der Waals surface area contributed by atoms with E-state index in [-0.39, 0.29) is 11.8 Å². The van der Waals surface area contributed by atoms with Crippen LogP contribution in [0.5, 0.6) is 0 Å². The Balaban J connectivity index is 2.24. The molecular weight excluding hydrogens is 262 g/mol. The van der Waals surface area contributed by atoms with Gasteiger partial charge in [-0.3, -0.25) is 0 Å². The normalized spacial score (nSPS) is 24.7. The minimum absolute atomic E-state index is 0.102. The highest BCUT2D eigenvalue weighted by Gasteiger charge is 2.39. The fraction of sp³-hybridized carbons (Fsp3) is 0.692. The Morgan fingerprint density at radius 3 is 2.84 bits per heavy atom. The van der Waals surface area contributed by atoms with Crippen molar-refractivity contribution < 1.29 is 8.42 Å². The monoisotopic (exact) mass is 281 g/mol. The molecule has 2 aliphatic rings. The number of aryl methyl sites for hydroxylation is 2. The van der Waals surface area contributed by atoms with Crippen LogP contribution in [0.25, 0.3) is 0 Å². The van der Waals surface area contributed by atoms with Gasteiger partial charge in [0.05, 0.1) is 11.4 Å². The second-order valence-electron chi connectivity index (χ2n) is 5.35. The van der Waals surface area contributed by atoms with Crippen LogP contribution >= 0.6 is 0 Å². The maximum atomic E-state index is 12.5. The van der Waals surface area contributed by atoms with Crippen molar-refractivity contribution in [3.8, 4) is 0 Å². The zero-order chi connectivity index (χ0) is 13.6. The molecule has 5 nitrogen and oxygen atoms in total. The second kappa shape index (κ2) is 4.44. The van der Waals surface area contributed by atoms with E-state index in [0.717, 1.165) is 25.8 Å². The number of nitrogens with zero attached hydrogens (tertiary/aromatic N) is 3. The van der Waals surface area contributed by atoms with Crippen molar-refractivity contribution in [1.29, 1.82) is 0 Å². The standard InChI is InChI=1S/C13H19N3O2S/c1-3-11-12-13(15-9(2)14-11)16-7-5-4-6-10(16)8-19(12,17)18/h10H,3-8H2,1-2H3. The summed E-state index contributed by atoms with van der Waals surface area (Å²) in [5.41, 5.74) is 0.673. The van der Waals surface area contributed by atoms with E-state index in [0.29, 0.717) is 28.7 Å². The average molecular weight is 281 g/mol. The average Bonchev–Trinajstić information content (AvgIpc) is 2.36. The quantitative estimate of drug-likeness (QED) is 0.780. The molecule has 3 heterocycles. The largest absolute Gasteiger partial charge is 0.351 e. The van der Waals surface area contributed by atoms with Gasteiger partial charge in [-0.1, -0.05) is 6.92 Å². The summed E-state index contributed by atoms with van der Waals surface area (Å²) in [5, 5.41) is 0. The molecule has 1 unspecified atom stereocenters. The SMILES string of the molecule is CCc1nc(C)nc2c1S(=O)(=O)CC1CCCCN21. The van der Waals surface area contributed by atoms with Crippen molar-refractivity contribution >= 4 is 15.7 Å². The number of hydrogen-bond donors (Lipinski definition) is 0. The van der Waals surface area contributed by atoms with E-state index in [1.165, 1.54) is 0 Å². The van der Waals surface area contributed by atoms with Gasteiger partial charge >= 0.3 is 0 Å². The van der Waals surface area contributed by atoms with E-state index in [9.17, 15) is 8.42 Å². The summed E-state index contributed by atoms with van der Waals surface area (Å²) in [7, 11) is -3.24. The van der Waals surface area contributed by atoms with Gasteiger partial charge in [-0.15, -0.1) is 0 Å². The summed E-state index contributed by atoms with van der Waals surface area (Å²) < 4.78 is 25.0. The third-order valence-corrected chi connectivity index (χ3v) is 5.85. The Morgan fingerprint density at radius 2 is 2.11 bits per heavy atom. The van der Waals surface area contributed by atoms with Crippen LogP contribution in [0.4, 0.5) is 5.82 Å². The van der Waals surface area contributed by atoms with Gasteiger partial charge in [-0.05, 0) is 32.6 Å². The molecule has 3 rings (SSSR count). The molecule has 0 aliphatic carbocycles. The van der Waals surface area contributed by atoms with Crippen LogP contribution in [-0.4, -0.2) is 36.7 Å². The van der Waals surface area contributed by atoms with Crippen molar-refractivity contribution in [2.75, 3.05) is 17.2 Å². The number of rotatable bonds is 1. The van der Waals surface area contributed by atoms with Crippen LogP contribution in [0.1, 0.15) is 37.7 Å². The predicted octanol–water partition coefficient (Wildman–Crippen LogP) is 1.49. The number of hydrogen-bond acceptors (Lipinski definition) is 5. The van der Waals surface area contributed by atoms with Gasteiger partial charge in [-0.2, -0.15) is 0 Å². The molecular formula is C13H19N3O2S. The van der Waals surface area contributed by atoms with Crippen molar-refractivity contribution in [1.82, 2.24) is 9.97 Å². The Hall–Kier alpha value is -1.17. The molecule has 0 bridgehead atoms. The molecule has 1 aromatic rings. The van der Waals surface area contributed by atoms with Gasteiger partial charge in [0.15, 0.2) is 15.7 Å². The molecule has 0 saturated carbocycles. The molecule has 1 atom stereocenters. The van der Waals surface area contributed by atoms with E-state index in [2.05, 4.69) is 14.9 Å². The van der Waals surface area contributed by atoms with E-state index in [1.54, 1.807) is 0 Å². The molecule has 0 amide bonds. The molecule has 19 heavy (non-hydrogen) atoms. The minimum atomic E-state index is -3.24. The number of sulfone groups is 1. The molecule has 0 N–H and O–H groups in total. The Morgan fingerprint density at radius 1 is 1.32 bits per heavy atom. The van der Waals surface area contributed by atoms with E-state index >= 15 is 0 Å². The van der Waals surface area contributed by atoms with Crippen molar-refractivity contribution in [3.05, 3.63) is 11.5 Å². The van der Waals surface area contributed by atoms with E-state index in [1.807, 2.05) is 13.8 Å². The highest BCUT2D eigenvalue weighted by atomic mass is 32.2. The summed E-state index contributed by atoms with van der Waals surface area (Å²) in [6, 6.07) is 0.102. The lowest BCUT2D eigenvalue weighted by molar-refractivity contribution is 0.463. The Kier molecular flexibility index (Phi) is 3.00. The maximum absolute atomic E-state index is 12.5. The Labute approximate surface area is 114 Å². The lowest BCUT2D eigenvalue weighted by Gasteiger charge is -2.41. The molecule has 0 radical (unpaired) electrons. The van der Waals surface area contributed by atoms with Crippen molar-refractivity contribution in [2.45, 2.75) is 50.5 Å². The van der Waals surface area contributed by atoms with Crippen molar-refractivity contribution in [2.24, 2.45) is 0 Å². The van der Waals surface area contributed by atoms with Crippen LogP contribution in [0.15, 0.2) is 4.90 Å². The molecule has 1 saturated heterocycles. The Bertz CT molecular complexity index is 613. The molecule has 2 aliphatic heterocycles. The van der Waals surface area contributed by atoms with Gasteiger partial charge in [0, 0.05) is 12.6 Å². The van der Waals surface area contributed by atoms with Gasteiger partial charge in [0.25, 0.3) is 0 Å². The minimum Gasteiger partial charge on any atom is -0.351 e. The molecule has 1 fully saturated rings. The second-order valence-corrected chi connectivity index (χ2v) is 7.32. The van der Waals surface area contributed by atoms with Crippen LogP contribution in [-0.2, 0) is 16.3 Å². The first-order chi connectivity index (χ1) is 9.03. The van der Waals surface area contributed by atoms with Gasteiger partial charge in [0.1, 0.15) is 10.7 Å².